The molecule has 0 unspecified atom stereocenters. The van der Waals surface area contributed by atoms with Gasteiger partial charge in [0, 0.05) is 25.2 Å². The molecule has 1 saturated heterocycles. The van der Waals surface area contributed by atoms with Crippen LogP contribution in [0, 0.1) is 5.82 Å². The summed E-state index contributed by atoms with van der Waals surface area (Å²) < 4.78 is 18.7. The van der Waals surface area contributed by atoms with Gasteiger partial charge in [0.2, 0.25) is 0 Å². The van der Waals surface area contributed by atoms with Crippen LogP contribution < -0.4 is 10.7 Å². The molecule has 0 saturated carbocycles. The first-order chi connectivity index (χ1) is 12.1. The molecule has 0 bridgehead atoms. The first-order valence-corrected chi connectivity index (χ1v) is 8.90. The minimum Gasteiger partial charge on any atom is -0.507 e. The third-order valence-corrected chi connectivity index (χ3v) is 4.17. The Bertz CT molecular complexity index is 606. The third kappa shape index (κ3) is 6.56. The van der Waals surface area contributed by atoms with Crippen LogP contribution in [0.4, 0.5) is 4.39 Å². The molecule has 3 N–H and O–H groups in total. The van der Waals surface area contributed by atoms with Gasteiger partial charge in [0.15, 0.2) is 5.11 Å². The Balaban J connectivity index is 1.76. The van der Waals surface area contributed by atoms with Gasteiger partial charge in [-0.1, -0.05) is 6.92 Å². The van der Waals surface area contributed by atoms with Crippen LogP contribution in [0.1, 0.15) is 25.3 Å². The summed E-state index contributed by atoms with van der Waals surface area (Å²) in [6.45, 7) is 7.17. The number of hydrogen-bond acceptors (Lipinski definition) is 5. The highest BCUT2D eigenvalue weighted by Gasteiger charge is 2.10. The normalized spacial score (nSPS) is 15.8. The van der Waals surface area contributed by atoms with Gasteiger partial charge in [-0.15, -0.1) is 0 Å². The Morgan fingerprint density at radius 2 is 2.16 bits per heavy atom. The molecule has 1 aliphatic rings. The van der Waals surface area contributed by atoms with Crippen molar-refractivity contribution in [2.75, 3.05) is 39.4 Å². The van der Waals surface area contributed by atoms with Crippen molar-refractivity contribution in [2.45, 2.75) is 19.8 Å². The quantitative estimate of drug-likeness (QED) is 0.295. The van der Waals surface area contributed by atoms with Gasteiger partial charge < -0.3 is 15.2 Å². The van der Waals surface area contributed by atoms with Gasteiger partial charge in [-0.05, 0) is 49.8 Å². The van der Waals surface area contributed by atoms with Crippen LogP contribution in [0.3, 0.4) is 0 Å². The molecule has 0 aromatic heterocycles. The van der Waals surface area contributed by atoms with Crippen LogP contribution in [0.2, 0.25) is 0 Å². The number of hydrogen-bond donors (Lipinski definition) is 3. The number of nitrogens with one attached hydrogen (secondary N) is 2. The highest BCUT2D eigenvalue weighted by atomic mass is 32.1. The Morgan fingerprint density at radius 1 is 1.40 bits per heavy atom. The number of phenols is 1. The third-order valence-electron chi connectivity index (χ3n) is 3.94. The van der Waals surface area contributed by atoms with Crippen LogP contribution in [-0.2, 0) is 4.74 Å². The van der Waals surface area contributed by atoms with Crippen molar-refractivity contribution in [3.8, 4) is 5.75 Å². The summed E-state index contributed by atoms with van der Waals surface area (Å²) in [6, 6.07) is 3.79. The Hall–Kier alpha value is -1.77. The van der Waals surface area contributed by atoms with Gasteiger partial charge in [0.05, 0.1) is 18.9 Å². The number of ether oxygens (including phenoxy) is 1. The van der Waals surface area contributed by atoms with Gasteiger partial charge in [0.1, 0.15) is 11.6 Å². The monoisotopic (exact) mass is 368 g/mol. The van der Waals surface area contributed by atoms with E-state index in [1.807, 2.05) is 6.92 Å². The summed E-state index contributed by atoms with van der Waals surface area (Å²) in [6.07, 6.45) is 1.50. The van der Waals surface area contributed by atoms with Crippen molar-refractivity contribution < 1.29 is 14.2 Å². The lowest BCUT2D eigenvalue weighted by Crippen LogP contribution is -2.39. The van der Waals surface area contributed by atoms with E-state index in [9.17, 15) is 9.50 Å². The van der Waals surface area contributed by atoms with E-state index in [4.69, 9.17) is 17.0 Å². The Morgan fingerprint density at radius 3 is 2.88 bits per heavy atom. The molecule has 1 aromatic carbocycles. The molecule has 2 rings (SSSR count). The molecular formula is C17H25FN4O2S. The lowest BCUT2D eigenvalue weighted by Gasteiger charge is -2.26. The van der Waals surface area contributed by atoms with E-state index in [0.29, 0.717) is 22.8 Å². The van der Waals surface area contributed by atoms with E-state index < -0.39 is 5.82 Å². The van der Waals surface area contributed by atoms with E-state index in [2.05, 4.69) is 20.7 Å². The zero-order valence-corrected chi connectivity index (χ0v) is 15.2. The van der Waals surface area contributed by atoms with Crippen molar-refractivity contribution in [3.63, 3.8) is 0 Å². The molecule has 0 atom stereocenters. The minimum atomic E-state index is -0.419. The Kier molecular flexibility index (Phi) is 8.03. The molecule has 6 nitrogen and oxygen atoms in total. The lowest BCUT2D eigenvalue weighted by atomic mass is 10.1. The summed E-state index contributed by atoms with van der Waals surface area (Å²) in [4.78, 5) is 2.36. The molecule has 1 fully saturated rings. The van der Waals surface area contributed by atoms with Crippen molar-refractivity contribution in [1.82, 2.24) is 15.6 Å². The maximum atomic E-state index is 13.4. The smallest absolute Gasteiger partial charge is 0.186 e. The average Bonchev–Trinajstić information content (AvgIpc) is 2.63. The zero-order chi connectivity index (χ0) is 18.1. The van der Waals surface area contributed by atoms with Crippen LogP contribution in [-0.4, -0.2) is 60.2 Å². The highest BCUT2D eigenvalue weighted by Crippen LogP contribution is 2.19. The van der Waals surface area contributed by atoms with Crippen LogP contribution >= 0.6 is 12.2 Å². The first kappa shape index (κ1) is 19.6. The molecule has 1 aromatic rings. The second-order valence-corrected chi connectivity index (χ2v) is 6.16. The largest absolute Gasteiger partial charge is 0.507 e. The van der Waals surface area contributed by atoms with Crippen molar-refractivity contribution in [1.29, 1.82) is 0 Å². The number of benzene rings is 1. The minimum absolute atomic E-state index is 0.00631. The number of thiocarbonyl (C=S) groups is 1. The van der Waals surface area contributed by atoms with Crippen molar-refractivity contribution in [2.24, 2.45) is 5.10 Å². The second kappa shape index (κ2) is 10.3. The lowest BCUT2D eigenvalue weighted by molar-refractivity contribution is 0.0376. The van der Waals surface area contributed by atoms with Crippen LogP contribution in [0.5, 0.6) is 5.75 Å². The van der Waals surface area contributed by atoms with Gasteiger partial charge in [-0.2, -0.15) is 5.10 Å². The standard InChI is InChI=1S/C17H25FN4O2S/c1-2-15(14-12-13(18)4-5-16(14)23)20-21-17(25)19-6-3-7-22-8-10-24-11-9-22/h4-5,12,23H,2-3,6-11H2,1H3,(H2,19,21,25)/b20-15+. The molecule has 0 aliphatic carbocycles. The van der Waals surface area contributed by atoms with E-state index in [1.165, 1.54) is 18.2 Å². The fourth-order valence-electron chi connectivity index (χ4n) is 2.56. The molecule has 8 heteroatoms. The van der Waals surface area contributed by atoms with E-state index in [0.717, 1.165) is 45.8 Å². The predicted octanol–water partition coefficient (Wildman–Crippen LogP) is 1.83. The van der Waals surface area contributed by atoms with Gasteiger partial charge in [0.25, 0.3) is 0 Å². The van der Waals surface area contributed by atoms with Gasteiger partial charge in [-0.25, -0.2) is 4.39 Å². The number of aromatic hydroxyl groups is 1. The maximum Gasteiger partial charge on any atom is 0.186 e. The number of morpholine rings is 1. The maximum absolute atomic E-state index is 13.4. The number of rotatable bonds is 7. The molecule has 0 amide bonds. The van der Waals surface area contributed by atoms with E-state index >= 15 is 0 Å². The number of nitrogens with zero attached hydrogens (tertiary/aromatic N) is 2. The van der Waals surface area contributed by atoms with E-state index in [1.54, 1.807) is 0 Å². The molecule has 1 heterocycles. The predicted molar refractivity (Wildman–Crippen MR) is 101 cm³/mol. The number of hydrazone groups is 1. The molecule has 138 valence electrons. The van der Waals surface area contributed by atoms with E-state index in [-0.39, 0.29) is 5.75 Å². The topological polar surface area (TPSA) is 69.1 Å². The molecule has 0 radical (unpaired) electrons. The van der Waals surface area contributed by atoms with Crippen molar-refractivity contribution >= 4 is 23.0 Å². The summed E-state index contributed by atoms with van der Waals surface area (Å²) in [5, 5.41) is 17.6. The van der Waals surface area contributed by atoms with Crippen LogP contribution in [0.25, 0.3) is 0 Å². The summed E-state index contributed by atoms with van der Waals surface area (Å²) in [7, 11) is 0. The molecule has 25 heavy (non-hydrogen) atoms. The highest BCUT2D eigenvalue weighted by molar-refractivity contribution is 7.80. The summed E-state index contributed by atoms with van der Waals surface area (Å²) in [5.41, 5.74) is 3.66. The molecular weight excluding hydrogens is 343 g/mol. The summed E-state index contributed by atoms with van der Waals surface area (Å²) in [5.74, 6) is -0.425. The number of halogens is 1. The average molecular weight is 368 g/mol. The molecule has 0 spiro atoms. The van der Waals surface area contributed by atoms with Crippen LogP contribution in [0.15, 0.2) is 23.3 Å². The Labute approximate surface area is 153 Å². The fourth-order valence-corrected chi connectivity index (χ4v) is 2.70. The first-order valence-electron chi connectivity index (χ1n) is 8.49. The zero-order valence-electron chi connectivity index (χ0n) is 14.4. The second-order valence-electron chi connectivity index (χ2n) is 5.75. The molecule has 1 aliphatic heterocycles. The summed E-state index contributed by atoms with van der Waals surface area (Å²) >= 11 is 5.20. The van der Waals surface area contributed by atoms with Gasteiger partial charge >= 0.3 is 0 Å². The van der Waals surface area contributed by atoms with Gasteiger partial charge in [-0.3, -0.25) is 10.3 Å². The number of phenolic OH excluding ortho intramolecular Hbond substituents is 1. The SMILES string of the molecule is CC/C(=N\NC(=S)NCCCN1CCOCC1)c1cc(F)ccc1O. The van der Waals surface area contributed by atoms with Crippen molar-refractivity contribution in [3.05, 3.63) is 29.6 Å². The fraction of sp³-hybridized carbons (Fsp3) is 0.529.